The first-order valence-electron chi connectivity index (χ1n) is 10.1. The predicted molar refractivity (Wildman–Crippen MR) is 127 cm³/mol. The van der Waals surface area contributed by atoms with Crippen LogP contribution in [0.15, 0.2) is 71.6 Å². The molecule has 1 aliphatic rings. The second-order valence-electron chi connectivity index (χ2n) is 7.68. The van der Waals surface area contributed by atoms with Crippen LogP contribution in [0.2, 0.25) is 10.0 Å². The molecule has 5 nitrogen and oxygen atoms in total. The highest BCUT2D eigenvalue weighted by Gasteiger charge is 2.39. The highest BCUT2D eigenvalue weighted by molar-refractivity contribution is 7.89. The molecule has 164 valence electrons. The molecule has 0 saturated heterocycles. The van der Waals surface area contributed by atoms with E-state index in [1.807, 2.05) is 42.5 Å². The summed E-state index contributed by atoms with van der Waals surface area (Å²) in [5.41, 5.74) is 3.81. The second-order valence-corrected chi connectivity index (χ2v) is 10.4. The summed E-state index contributed by atoms with van der Waals surface area (Å²) >= 11 is 12.2. The minimum absolute atomic E-state index is 0.111. The van der Waals surface area contributed by atoms with Crippen molar-refractivity contribution in [2.75, 3.05) is 13.7 Å². The number of benzene rings is 3. The van der Waals surface area contributed by atoms with Crippen LogP contribution in [0, 0.1) is 0 Å². The number of H-pyrrole nitrogens is 1. The Hall–Kier alpha value is -2.51. The van der Waals surface area contributed by atoms with E-state index in [-0.39, 0.29) is 9.92 Å². The van der Waals surface area contributed by atoms with Gasteiger partial charge in [-0.3, -0.25) is 0 Å². The molecule has 0 spiro atoms. The Kier molecular flexibility index (Phi) is 5.42. The quantitative estimate of drug-likeness (QED) is 0.395. The molecular weight excluding hydrogens is 467 g/mol. The Morgan fingerprint density at radius 3 is 2.59 bits per heavy atom. The smallest absolute Gasteiger partial charge is 0.244 e. The van der Waals surface area contributed by atoms with Crippen molar-refractivity contribution in [1.29, 1.82) is 0 Å². The molecule has 32 heavy (non-hydrogen) atoms. The maximum Gasteiger partial charge on any atom is 0.244 e. The van der Waals surface area contributed by atoms with Crippen LogP contribution < -0.4 is 4.74 Å². The normalized spacial score (nSPS) is 16.8. The van der Waals surface area contributed by atoms with E-state index in [0.717, 1.165) is 27.7 Å². The van der Waals surface area contributed by atoms with Gasteiger partial charge in [0.15, 0.2) is 0 Å². The number of nitrogens with zero attached hydrogens (tertiary/aromatic N) is 1. The molecule has 0 radical (unpaired) electrons. The van der Waals surface area contributed by atoms with E-state index in [9.17, 15) is 8.42 Å². The van der Waals surface area contributed by atoms with Crippen molar-refractivity contribution in [3.8, 4) is 5.75 Å². The van der Waals surface area contributed by atoms with Crippen LogP contribution in [0.25, 0.3) is 10.9 Å². The number of hydrogen-bond donors (Lipinski definition) is 1. The summed E-state index contributed by atoms with van der Waals surface area (Å²) in [5, 5.41) is 1.63. The molecular formula is C24H20Cl2N2O3S. The van der Waals surface area contributed by atoms with Crippen LogP contribution in [0.1, 0.15) is 22.9 Å². The van der Waals surface area contributed by atoms with Gasteiger partial charge in [-0.15, -0.1) is 0 Å². The van der Waals surface area contributed by atoms with E-state index in [1.54, 1.807) is 7.11 Å². The number of sulfonamides is 1. The first-order chi connectivity index (χ1) is 15.4. The van der Waals surface area contributed by atoms with Crippen molar-refractivity contribution < 1.29 is 13.2 Å². The minimum atomic E-state index is -3.87. The van der Waals surface area contributed by atoms with Gasteiger partial charge in [-0.1, -0.05) is 53.5 Å². The number of aromatic amines is 1. The number of aromatic nitrogens is 1. The fourth-order valence-corrected chi connectivity index (χ4v) is 6.37. The summed E-state index contributed by atoms with van der Waals surface area (Å²) in [6, 6.07) is 19.4. The fourth-order valence-electron chi connectivity index (χ4n) is 4.39. The molecule has 1 N–H and O–H groups in total. The molecule has 0 aliphatic carbocycles. The zero-order valence-electron chi connectivity index (χ0n) is 17.2. The third-order valence-electron chi connectivity index (χ3n) is 5.90. The maximum atomic E-state index is 13.8. The SMILES string of the molecule is COc1cccc(C2c3[nH]c4ccccc4c3CCN2S(=O)(=O)c2ccc(Cl)c(Cl)c2)c1. The van der Waals surface area contributed by atoms with Gasteiger partial charge in [0.2, 0.25) is 10.0 Å². The number of nitrogens with one attached hydrogen (secondary N) is 1. The van der Waals surface area contributed by atoms with Crippen LogP contribution in [-0.2, 0) is 16.4 Å². The Morgan fingerprint density at radius 2 is 1.81 bits per heavy atom. The zero-order valence-corrected chi connectivity index (χ0v) is 19.5. The average molecular weight is 487 g/mol. The van der Waals surface area contributed by atoms with Gasteiger partial charge >= 0.3 is 0 Å². The van der Waals surface area contributed by atoms with Crippen LogP contribution in [-0.4, -0.2) is 31.4 Å². The minimum Gasteiger partial charge on any atom is -0.497 e. The number of para-hydroxylation sites is 1. The Labute approximate surface area is 196 Å². The maximum absolute atomic E-state index is 13.8. The van der Waals surface area contributed by atoms with Crippen LogP contribution in [0.5, 0.6) is 5.75 Å². The number of methoxy groups -OCH3 is 1. The lowest BCUT2D eigenvalue weighted by atomic mass is 9.94. The number of halogens is 2. The van der Waals surface area contributed by atoms with Gasteiger partial charge in [-0.05, 0) is 53.9 Å². The van der Waals surface area contributed by atoms with E-state index >= 15 is 0 Å². The van der Waals surface area contributed by atoms with E-state index in [2.05, 4.69) is 11.1 Å². The summed E-state index contributed by atoms with van der Waals surface area (Å²) in [7, 11) is -2.27. The molecule has 1 unspecified atom stereocenters. The third-order valence-corrected chi connectivity index (χ3v) is 8.50. The Morgan fingerprint density at radius 1 is 1.00 bits per heavy atom. The van der Waals surface area contributed by atoms with Crippen molar-refractivity contribution in [2.24, 2.45) is 0 Å². The number of hydrogen-bond acceptors (Lipinski definition) is 3. The van der Waals surface area contributed by atoms with E-state index in [0.29, 0.717) is 23.7 Å². The molecule has 0 bridgehead atoms. The lowest BCUT2D eigenvalue weighted by Crippen LogP contribution is -2.40. The highest BCUT2D eigenvalue weighted by atomic mass is 35.5. The first kappa shape index (κ1) is 21.3. The lowest BCUT2D eigenvalue weighted by Gasteiger charge is -2.35. The third kappa shape index (κ3) is 3.48. The molecule has 0 saturated carbocycles. The van der Waals surface area contributed by atoms with Gasteiger partial charge in [-0.25, -0.2) is 8.42 Å². The predicted octanol–water partition coefficient (Wildman–Crippen LogP) is 5.82. The summed E-state index contributed by atoms with van der Waals surface area (Å²) in [4.78, 5) is 3.59. The summed E-state index contributed by atoms with van der Waals surface area (Å²) in [5.74, 6) is 0.664. The Balaban J connectivity index is 1.72. The van der Waals surface area contributed by atoms with Crippen molar-refractivity contribution in [3.05, 3.63) is 93.6 Å². The van der Waals surface area contributed by atoms with Crippen LogP contribution >= 0.6 is 23.2 Å². The largest absolute Gasteiger partial charge is 0.497 e. The molecule has 1 aromatic heterocycles. The van der Waals surface area contributed by atoms with Crippen molar-refractivity contribution in [1.82, 2.24) is 9.29 Å². The van der Waals surface area contributed by atoms with Crippen molar-refractivity contribution in [2.45, 2.75) is 17.4 Å². The van der Waals surface area contributed by atoms with Gasteiger partial charge in [0.05, 0.1) is 28.1 Å². The van der Waals surface area contributed by atoms with Gasteiger partial charge in [0, 0.05) is 23.1 Å². The number of ether oxygens (including phenoxy) is 1. The van der Waals surface area contributed by atoms with Gasteiger partial charge in [0.25, 0.3) is 0 Å². The van der Waals surface area contributed by atoms with Crippen LogP contribution in [0.4, 0.5) is 0 Å². The summed E-state index contributed by atoms with van der Waals surface area (Å²) in [6.45, 7) is 0.333. The highest BCUT2D eigenvalue weighted by Crippen LogP contribution is 2.42. The van der Waals surface area contributed by atoms with Crippen molar-refractivity contribution >= 4 is 44.1 Å². The topological polar surface area (TPSA) is 62.4 Å². The molecule has 8 heteroatoms. The van der Waals surface area contributed by atoms with E-state index in [4.69, 9.17) is 27.9 Å². The molecule has 3 aromatic carbocycles. The second kappa shape index (κ2) is 8.12. The standard InChI is InChI=1S/C24H20Cl2N2O3S/c1-31-16-6-4-5-15(13-16)24-23-19(18-7-2-3-8-22(18)27-23)11-12-28(24)32(29,30)17-9-10-20(25)21(26)14-17/h2-10,13-14,24,27H,11-12H2,1H3. The molecule has 0 amide bonds. The zero-order chi connectivity index (χ0) is 22.5. The molecule has 0 fully saturated rings. The molecule has 1 aliphatic heterocycles. The average Bonchev–Trinajstić information content (AvgIpc) is 3.19. The van der Waals surface area contributed by atoms with Crippen LogP contribution in [0.3, 0.4) is 0 Å². The number of fused-ring (bicyclic) bond motifs is 3. The van der Waals surface area contributed by atoms with E-state index in [1.165, 1.54) is 22.5 Å². The van der Waals surface area contributed by atoms with E-state index < -0.39 is 16.1 Å². The van der Waals surface area contributed by atoms with Gasteiger partial charge in [0.1, 0.15) is 5.75 Å². The number of rotatable bonds is 4. The summed E-state index contributed by atoms with van der Waals surface area (Å²) in [6.07, 6.45) is 0.598. The fraction of sp³-hybridized carbons (Fsp3) is 0.167. The molecule has 5 rings (SSSR count). The lowest BCUT2D eigenvalue weighted by molar-refractivity contribution is 0.339. The Bertz CT molecular complexity index is 1430. The van der Waals surface area contributed by atoms with Gasteiger partial charge < -0.3 is 9.72 Å². The molecule has 2 heterocycles. The van der Waals surface area contributed by atoms with Crippen molar-refractivity contribution in [3.63, 3.8) is 0 Å². The summed E-state index contributed by atoms with van der Waals surface area (Å²) < 4.78 is 34.5. The molecule has 1 atom stereocenters. The monoisotopic (exact) mass is 486 g/mol. The first-order valence-corrected chi connectivity index (χ1v) is 12.3. The van der Waals surface area contributed by atoms with Gasteiger partial charge in [-0.2, -0.15) is 4.31 Å². The molecule has 4 aromatic rings.